The number of aromatic nitrogens is 1. The molecule has 1 aromatic heterocycles. The first-order valence-electron chi connectivity index (χ1n) is 10.4. The average Bonchev–Trinajstić information content (AvgIpc) is 3.10. The van der Waals surface area contributed by atoms with Crippen LogP contribution in [0.25, 0.3) is 10.2 Å². The Morgan fingerprint density at radius 3 is 2.53 bits per heavy atom. The highest BCUT2D eigenvalue weighted by atomic mass is 32.2. The van der Waals surface area contributed by atoms with Crippen molar-refractivity contribution in [3.05, 3.63) is 52.8 Å². The molecule has 9 heteroatoms. The molecule has 6 nitrogen and oxygen atoms in total. The first kappa shape index (κ1) is 24.7. The van der Waals surface area contributed by atoms with Gasteiger partial charge in [0.15, 0.2) is 14.6 Å². The summed E-state index contributed by atoms with van der Waals surface area (Å²) in [6.07, 6.45) is 2.14. The van der Waals surface area contributed by atoms with E-state index in [0.717, 1.165) is 20.7 Å². The molecule has 0 aliphatic heterocycles. The zero-order valence-corrected chi connectivity index (χ0v) is 21.1. The van der Waals surface area contributed by atoms with Crippen LogP contribution in [0.3, 0.4) is 0 Å². The molecule has 0 N–H and O–H groups in total. The van der Waals surface area contributed by atoms with E-state index in [4.69, 9.17) is 4.74 Å². The van der Waals surface area contributed by atoms with Crippen LogP contribution in [0.2, 0.25) is 0 Å². The third-order valence-electron chi connectivity index (χ3n) is 5.00. The van der Waals surface area contributed by atoms with Gasteiger partial charge in [0.1, 0.15) is 0 Å². The summed E-state index contributed by atoms with van der Waals surface area (Å²) in [7, 11) is -3.33. The molecule has 0 atom stereocenters. The molecule has 172 valence electrons. The van der Waals surface area contributed by atoms with Gasteiger partial charge in [0, 0.05) is 18.0 Å². The van der Waals surface area contributed by atoms with Gasteiger partial charge in [-0.05, 0) is 62.9 Å². The topological polar surface area (TPSA) is 77.7 Å². The van der Waals surface area contributed by atoms with Gasteiger partial charge in [-0.25, -0.2) is 8.42 Å². The van der Waals surface area contributed by atoms with Gasteiger partial charge in [0.2, 0.25) is 0 Å². The van der Waals surface area contributed by atoms with Crippen molar-refractivity contribution in [2.75, 3.05) is 19.5 Å². The fourth-order valence-electron chi connectivity index (χ4n) is 3.17. The highest BCUT2D eigenvalue weighted by Gasteiger charge is 2.19. The van der Waals surface area contributed by atoms with E-state index in [-0.39, 0.29) is 17.2 Å². The van der Waals surface area contributed by atoms with E-state index in [1.165, 1.54) is 11.3 Å². The Kier molecular flexibility index (Phi) is 8.32. The van der Waals surface area contributed by atoms with Crippen molar-refractivity contribution < 1.29 is 17.9 Å². The highest BCUT2D eigenvalue weighted by molar-refractivity contribution is 7.98. The minimum absolute atomic E-state index is 0.109. The molecule has 32 heavy (non-hydrogen) atoms. The lowest BCUT2D eigenvalue weighted by Crippen LogP contribution is -2.20. The molecule has 0 saturated carbocycles. The lowest BCUT2D eigenvalue weighted by molar-refractivity contribution is -0.117. The van der Waals surface area contributed by atoms with Crippen LogP contribution in [0.15, 0.2) is 57.2 Å². The Hall–Kier alpha value is -1.94. The minimum atomic E-state index is -3.33. The summed E-state index contributed by atoms with van der Waals surface area (Å²) >= 11 is 3.16. The molecule has 0 bridgehead atoms. The number of carbonyl (C=O) groups is 1. The van der Waals surface area contributed by atoms with Crippen LogP contribution in [-0.4, -0.2) is 43.6 Å². The minimum Gasteiger partial charge on any atom is -0.380 e. The second-order valence-electron chi connectivity index (χ2n) is 7.49. The lowest BCUT2D eigenvalue weighted by Gasteiger charge is -2.08. The summed E-state index contributed by atoms with van der Waals surface area (Å²) in [5.41, 5.74) is 1.76. The maximum atomic E-state index is 12.7. The van der Waals surface area contributed by atoms with Crippen molar-refractivity contribution in [3.8, 4) is 0 Å². The number of thiazole rings is 1. The summed E-state index contributed by atoms with van der Waals surface area (Å²) in [5, 5.41) is -0.489. The molecule has 3 rings (SSSR count). The molecule has 1 amide bonds. The smallest absolute Gasteiger partial charge is 0.252 e. The lowest BCUT2D eigenvalue weighted by atomic mass is 10.1. The number of fused-ring (bicyclic) bond motifs is 1. The molecule has 2 aromatic carbocycles. The largest absolute Gasteiger partial charge is 0.380 e. The predicted molar refractivity (Wildman–Crippen MR) is 131 cm³/mol. The number of thioether (sulfide) groups is 1. The van der Waals surface area contributed by atoms with Crippen LogP contribution in [0.4, 0.5) is 0 Å². The van der Waals surface area contributed by atoms with Crippen molar-refractivity contribution in [1.82, 2.24) is 4.57 Å². The first-order valence-corrected chi connectivity index (χ1v) is 14.0. The SMILES string of the molecule is CCOCCn1c(=NC(=O)Cc2ccc(S(=O)(=O)C(C)C)cc2)sc2cc(SC)ccc21. The van der Waals surface area contributed by atoms with Gasteiger partial charge >= 0.3 is 0 Å². The molecule has 0 radical (unpaired) electrons. The number of amides is 1. The third-order valence-corrected chi connectivity index (χ3v) is 8.94. The Balaban J connectivity index is 1.88. The predicted octanol–water partition coefficient (Wildman–Crippen LogP) is 4.31. The average molecular weight is 493 g/mol. The number of hydrogen-bond donors (Lipinski definition) is 0. The molecule has 0 aliphatic rings. The van der Waals surface area contributed by atoms with Gasteiger partial charge in [-0.3, -0.25) is 4.79 Å². The van der Waals surface area contributed by atoms with Gasteiger partial charge in [-0.1, -0.05) is 23.5 Å². The second kappa shape index (κ2) is 10.8. The van der Waals surface area contributed by atoms with Crippen molar-refractivity contribution in [3.63, 3.8) is 0 Å². The summed E-state index contributed by atoms with van der Waals surface area (Å²) in [6, 6.07) is 12.7. The summed E-state index contributed by atoms with van der Waals surface area (Å²) in [4.78, 5) is 19.2. The van der Waals surface area contributed by atoms with Crippen LogP contribution in [-0.2, 0) is 32.3 Å². The first-order chi connectivity index (χ1) is 15.3. The van der Waals surface area contributed by atoms with Gasteiger partial charge in [-0.15, -0.1) is 11.8 Å². The van der Waals surface area contributed by atoms with Crippen LogP contribution >= 0.6 is 23.1 Å². The van der Waals surface area contributed by atoms with Crippen molar-refractivity contribution in [2.45, 2.75) is 48.8 Å². The molecule has 0 aliphatic carbocycles. The van der Waals surface area contributed by atoms with E-state index in [2.05, 4.69) is 23.2 Å². The Labute approximate surface area is 197 Å². The van der Waals surface area contributed by atoms with Gasteiger partial charge < -0.3 is 9.30 Å². The number of carbonyl (C=O) groups excluding carboxylic acids is 1. The van der Waals surface area contributed by atoms with Crippen LogP contribution in [0, 0.1) is 0 Å². The number of sulfone groups is 1. The normalized spacial score (nSPS) is 12.7. The quantitative estimate of drug-likeness (QED) is 0.329. The number of rotatable bonds is 9. The number of hydrogen-bond acceptors (Lipinski definition) is 6. The van der Waals surface area contributed by atoms with Crippen LogP contribution < -0.4 is 4.80 Å². The van der Waals surface area contributed by atoms with E-state index < -0.39 is 15.1 Å². The molecule has 0 unspecified atom stereocenters. The molecular weight excluding hydrogens is 464 g/mol. The van der Waals surface area contributed by atoms with Crippen molar-refractivity contribution in [2.24, 2.45) is 4.99 Å². The van der Waals surface area contributed by atoms with Crippen LogP contribution in [0.1, 0.15) is 26.3 Å². The summed E-state index contributed by atoms with van der Waals surface area (Å²) < 4.78 is 33.2. The van der Waals surface area contributed by atoms with Crippen LogP contribution in [0.5, 0.6) is 0 Å². The fraction of sp³-hybridized carbons (Fsp3) is 0.391. The summed E-state index contributed by atoms with van der Waals surface area (Å²) in [5.74, 6) is -0.272. The third kappa shape index (κ3) is 5.70. The van der Waals surface area contributed by atoms with Gasteiger partial charge in [-0.2, -0.15) is 4.99 Å². The number of nitrogens with zero attached hydrogens (tertiary/aromatic N) is 2. The number of ether oxygens (including phenoxy) is 1. The maximum absolute atomic E-state index is 12.7. The standard InChI is InChI=1S/C23H28N2O4S3/c1-5-29-13-12-25-20-11-8-18(30-4)15-21(20)31-23(25)24-22(26)14-17-6-9-19(10-7-17)32(27,28)16(2)3/h6-11,15-16H,5,12-14H2,1-4H3. The zero-order valence-electron chi connectivity index (χ0n) is 18.7. The molecule has 3 aromatic rings. The number of benzene rings is 2. The van der Waals surface area contributed by atoms with Crippen molar-refractivity contribution in [1.29, 1.82) is 0 Å². The molecule has 0 fully saturated rings. The molecule has 1 heterocycles. The van der Waals surface area contributed by atoms with Gasteiger partial charge in [0.25, 0.3) is 5.91 Å². The molecule has 0 saturated heterocycles. The summed E-state index contributed by atoms with van der Waals surface area (Å²) in [6.45, 7) is 7.04. The Bertz CT molecular complexity index is 1260. The van der Waals surface area contributed by atoms with Crippen molar-refractivity contribution >= 4 is 49.1 Å². The molecular formula is C23H28N2O4S3. The van der Waals surface area contributed by atoms with E-state index in [0.29, 0.717) is 24.6 Å². The molecule has 0 spiro atoms. The van der Waals surface area contributed by atoms with E-state index >= 15 is 0 Å². The monoisotopic (exact) mass is 492 g/mol. The van der Waals surface area contributed by atoms with Gasteiger partial charge in [0.05, 0.1) is 33.4 Å². The van der Waals surface area contributed by atoms with E-state index in [1.54, 1.807) is 49.9 Å². The Morgan fingerprint density at radius 2 is 1.91 bits per heavy atom. The van der Waals surface area contributed by atoms with E-state index in [9.17, 15) is 13.2 Å². The fourth-order valence-corrected chi connectivity index (χ4v) is 5.86. The highest BCUT2D eigenvalue weighted by Crippen LogP contribution is 2.24. The zero-order chi connectivity index (χ0) is 23.3. The second-order valence-corrected chi connectivity index (χ2v) is 11.9. The Morgan fingerprint density at radius 1 is 1.19 bits per heavy atom. The maximum Gasteiger partial charge on any atom is 0.252 e. The van der Waals surface area contributed by atoms with E-state index in [1.807, 2.05) is 17.7 Å².